The first-order chi connectivity index (χ1) is 9.85. The van der Waals surface area contributed by atoms with Gasteiger partial charge in [0.2, 0.25) is 0 Å². The summed E-state index contributed by atoms with van der Waals surface area (Å²) in [6.45, 7) is 14.2. The van der Waals surface area contributed by atoms with Crippen LogP contribution >= 0.6 is 0 Å². The molecule has 0 bridgehead atoms. The van der Waals surface area contributed by atoms with Gasteiger partial charge in [0.15, 0.2) is 0 Å². The topological polar surface area (TPSA) is 15.3 Å². The Morgan fingerprint density at radius 2 is 1.81 bits per heavy atom. The van der Waals surface area contributed by atoms with E-state index in [0.29, 0.717) is 5.41 Å². The maximum atomic E-state index is 3.40. The normalized spacial score (nSPS) is 23.2. The Bertz CT molecular complexity index is 435. The summed E-state index contributed by atoms with van der Waals surface area (Å²) in [5, 5.41) is 3.40. The maximum absolute atomic E-state index is 3.40. The highest BCUT2D eigenvalue weighted by molar-refractivity contribution is 5.25. The minimum Gasteiger partial charge on any atom is -0.319 e. The molecule has 1 aliphatic heterocycles. The summed E-state index contributed by atoms with van der Waals surface area (Å²) in [7, 11) is 2.06. The molecule has 1 aromatic rings. The Hall–Kier alpha value is -0.860. The highest BCUT2D eigenvalue weighted by Gasteiger charge is 2.35. The Kier molecular flexibility index (Phi) is 5.11. The standard InChI is InChI=1S/C19H32N2/c1-18(2,3)17-11-12-21(13-17)15-19(4,14-20-5)16-9-7-6-8-10-16/h6-10,17,20H,11-15H2,1-5H3. The Morgan fingerprint density at radius 3 is 2.33 bits per heavy atom. The van der Waals surface area contributed by atoms with Crippen LogP contribution in [0.1, 0.15) is 39.7 Å². The number of likely N-dealkylation sites (N-methyl/N-ethyl adjacent to an activating group) is 1. The Labute approximate surface area is 130 Å². The molecule has 0 aromatic heterocycles. The molecule has 1 fully saturated rings. The van der Waals surface area contributed by atoms with Crippen LogP contribution in [0.4, 0.5) is 0 Å². The first-order valence-corrected chi connectivity index (χ1v) is 8.28. The highest BCUT2D eigenvalue weighted by Crippen LogP contribution is 2.35. The molecule has 2 rings (SSSR count). The lowest BCUT2D eigenvalue weighted by atomic mass is 9.80. The van der Waals surface area contributed by atoms with E-state index in [9.17, 15) is 0 Å². The Morgan fingerprint density at radius 1 is 1.14 bits per heavy atom. The molecule has 1 aromatic carbocycles. The van der Waals surface area contributed by atoms with E-state index >= 15 is 0 Å². The van der Waals surface area contributed by atoms with Crippen LogP contribution in [0.3, 0.4) is 0 Å². The fourth-order valence-corrected chi connectivity index (χ4v) is 3.66. The molecule has 2 atom stereocenters. The molecule has 0 spiro atoms. The van der Waals surface area contributed by atoms with Crippen LogP contribution in [0.2, 0.25) is 0 Å². The van der Waals surface area contributed by atoms with E-state index in [4.69, 9.17) is 0 Å². The quantitative estimate of drug-likeness (QED) is 0.891. The molecule has 0 aliphatic carbocycles. The third-order valence-electron chi connectivity index (χ3n) is 5.11. The highest BCUT2D eigenvalue weighted by atomic mass is 15.2. The molecule has 1 N–H and O–H groups in total. The van der Waals surface area contributed by atoms with Crippen molar-refractivity contribution in [3.8, 4) is 0 Å². The summed E-state index contributed by atoms with van der Waals surface area (Å²) in [5.41, 5.74) is 2.06. The van der Waals surface area contributed by atoms with E-state index in [1.807, 2.05) is 0 Å². The van der Waals surface area contributed by atoms with Crippen molar-refractivity contribution in [1.29, 1.82) is 0 Å². The first-order valence-electron chi connectivity index (χ1n) is 8.28. The van der Waals surface area contributed by atoms with Gasteiger partial charge >= 0.3 is 0 Å². The smallest absolute Gasteiger partial charge is 0.0176 e. The van der Waals surface area contributed by atoms with Gasteiger partial charge in [0.25, 0.3) is 0 Å². The molecule has 21 heavy (non-hydrogen) atoms. The number of nitrogens with one attached hydrogen (secondary N) is 1. The monoisotopic (exact) mass is 288 g/mol. The SMILES string of the molecule is CNCC(C)(CN1CCC(C(C)(C)C)C1)c1ccccc1. The summed E-state index contributed by atoms with van der Waals surface area (Å²) < 4.78 is 0. The predicted molar refractivity (Wildman–Crippen MR) is 91.7 cm³/mol. The molecule has 2 nitrogen and oxygen atoms in total. The van der Waals surface area contributed by atoms with Gasteiger partial charge < -0.3 is 10.2 Å². The summed E-state index contributed by atoms with van der Waals surface area (Å²) >= 11 is 0. The second kappa shape index (κ2) is 6.50. The van der Waals surface area contributed by atoms with Crippen molar-refractivity contribution < 1.29 is 0 Å². The molecule has 0 radical (unpaired) electrons. The van der Waals surface area contributed by atoms with Crippen LogP contribution < -0.4 is 5.32 Å². The second-order valence-corrected chi connectivity index (χ2v) is 8.04. The van der Waals surface area contributed by atoms with E-state index < -0.39 is 0 Å². The van der Waals surface area contributed by atoms with Gasteiger partial charge in [-0.3, -0.25) is 0 Å². The number of benzene rings is 1. The van der Waals surface area contributed by atoms with Crippen molar-refractivity contribution in [2.24, 2.45) is 11.3 Å². The molecule has 2 unspecified atom stereocenters. The molecule has 1 saturated heterocycles. The lowest BCUT2D eigenvalue weighted by Crippen LogP contribution is -2.44. The fraction of sp³-hybridized carbons (Fsp3) is 0.684. The second-order valence-electron chi connectivity index (χ2n) is 8.04. The largest absolute Gasteiger partial charge is 0.319 e. The summed E-state index contributed by atoms with van der Waals surface area (Å²) in [4.78, 5) is 2.67. The van der Waals surface area contributed by atoms with E-state index in [2.05, 4.69) is 75.3 Å². The molecular weight excluding hydrogens is 256 g/mol. The molecular formula is C19H32N2. The molecule has 118 valence electrons. The van der Waals surface area contributed by atoms with Gasteiger partial charge in [0, 0.05) is 25.0 Å². The predicted octanol–water partition coefficient (Wildman–Crippen LogP) is 3.53. The van der Waals surface area contributed by atoms with Crippen LogP contribution in [0, 0.1) is 11.3 Å². The lowest BCUT2D eigenvalue weighted by Gasteiger charge is -2.35. The van der Waals surface area contributed by atoms with Crippen molar-refractivity contribution in [2.75, 3.05) is 33.2 Å². The first kappa shape index (κ1) is 16.5. The van der Waals surface area contributed by atoms with Crippen molar-refractivity contribution >= 4 is 0 Å². The van der Waals surface area contributed by atoms with E-state index in [0.717, 1.165) is 19.0 Å². The molecule has 1 heterocycles. The van der Waals surface area contributed by atoms with Crippen LogP contribution in [-0.4, -0.2) is 38.1 Å². The number of likely N-dealkylation sites (tertiary alicyclic amines) is 1. The fourth-order valence-electron chi connectivity index (χ4n) is 3.66. The summed E-state index contributed by atoms with van der Waals surface area (Å²) in [5.74, 6) is 0.826. The average Bonchev–Trinajstić information content (AvgIpc) is 2.88. The molecule has 0 saturated carbocycles. The van der Waals surface area contributed by atoms with Crippen molar-refractivity contribution in [1.82, 2.24) is 10.2 Å². The van der Waals surface area contributed by atoms with E-state index in [1.54, 1.807) is 0 Å². The van der Waals surface area contributed by atoms with Gasteiger partial charge in [-0.05, 0) is 36.9 Å². The van der Waals surface area contributed by atoms with Gasteiger partial charge in [-0.25, -0.2) is 0 Å². The van der Waals surface area contributed by atoms with Gasteiger partial charge in [0.05, 0.1) is 0 Å². The number of rotatable bonds is 5. The minimum atomic E-state index is 0.183. The summed E-state index contributed by atoms with van der Waals surface area (Å²) in [6.07, 6.45) is 1.34. The lowest BCUT2D eigenvalue weighted by molar-refractivity contribution is 0.204. The van der Waals surface area contributed by atoms with Gasteiger partial charge in [0.1, 0.15) is 0 Å². The zero-order valence-electron chi connectivity index (χ0n) is 14.4. The van der Waals surface area contributed by atoms with Gasteiger partial charge in [-0.1, -0.05) is 58.0 Å². The van der Waals surface area contributed by atoms with Crippen LogP contribution in [0.5, 0.6) is 0 Å². The Balaban J connectivity index is 2.08. The van der Waals surface area contributed by atoms with Crippen molar-refractivity contribution in [3.63, 3.8) is 0 Å². The van der Waals surface area contributed by atoms with E-state index in [1.165, 1.54) is 25.1 Å². The zero-order valence-corrected chi connectivity index (χ0v) is 14.4. The minimum absolute atomic E-state index is 0.183. The molecule has 2 heteroatoms. The third-order valence-corrected chi connectivity index (χ3v) is 5.11. The molecule has 1 aliphatic rings. The van der Waals surface area contributed by atoms with Crippen molar-refractivity contribution in [3.05, 3.63) is 35.9 Å². The molecule has 0 amide bonds. The van der Waals surface area contributed by atoms with Crippen LogP contribution in [-0.2, 0) is 5.41 Å². The number of nitrogens with zero attached hydrogens (tertiary/aromatic N) is 1. The average molecular weight is 288 g/mol. The maximum Gasteiger partial charge on any atom is 0.0176 e. The zero-order chi connectivity index (χ0) is 15.5. The van der Waals surface area contributed by atoms with Gasteiger partial charge in [-0.15, -0.1) is 0 Å². The van der Waals surface area contributed by atoms with Crippen LogP contribution in [0.25, 0.3) is 0 Å². The van der Waals surface area contributed by atoms with Crippen molar-refractivity contribution in [2.45, 2.75) is 39.5 Å². The number of hydrogen-bond acceptors (Lipinski definition) is 2. The van der Waals surface area contributed by atoms with Gasteiger partial charge in [-0.2, -0.15) is 0 Å². The van der Waals surface area contributed by atoms with Crippen LogP contribution in [0.15, 0.2) is 30.3 Å². The van der Waals surface area contributed by atoms with E-state index in [-0.39, 0.29) is 5.41 Å². The summed E-state index contributed by atoms with van der Waals surface area (Å²) in [6, 6.07) is 11.0. The third kappa shape index (κ3) is 4.08. The number of hydrogen-bond donors (Lipinski definition) is 1.